The van der Waals surface area contributed by atoms with E-state index >= 15 is 0 Å². The van der Waals surface area contributed by atoms with Crippen LogP contribution in [0.3, 0.4) is 0 Å². The molecule has 0 atom stereocenters. The number of amides is 1. The minimum Gasteiger partial charge on any atom is -0.473 e. The molecule has 134 valence electrons. The second kappa shape index (κ2) is 6.99. The number of carbonyl (C=O) groups is 1. The van der Waals surface area contributed by atoms with E-state index in [1.807, 2.05) is 19.1 Å². The van der Waals surface area contributed by atoms with Crippen molar-refractivity contribution in [3.63, 3.8) is 0 Å². The predicted octanol–water partition coefficient (Wildman–Crippen LogP) is 2.72. The van der Waals surface area contributed by atoms with Gasteiger partial charge in [0.2, 0.25) is 11.6 Å². The summed E-state index contributed by atoms with van der Waals surface area (Å²) in [6, 6.07) is 8.79. The van der Waals surface area contributed by atoms with Gasteiger partial charge in [-0.1, -0.05) is 5.16 Å². The first kappa shape index (κ1) is 16.3. The number of piperidine rings is 1. The van der Waals surface area contributed by atoms with Crippen molar-refractivity contribution in [3.05, 3.63) is 48.0 Å². The number of hydrogen-bond acceptors (Lipinski definition) is 7. The van der Waals surface area contributed by atoms with Crippen LogP contribution < -0.4 is 4.74 Å². The summed E-state index contributed by atoms with van der Waals surface area (Å²) in [5.41, 5.74) is 1.12. The van der Waals surface area contributed by atoms with Gasteiger partial charge < -0.3 is 18.6 Å². The van der Waals surface area contributed by atoms with Crippen LogP contribution in [0.1, 0.15) is 29.0 Å². The molecule has 0 bridgehead atoms. The number of aromatic nitrogens is 3. The number of hydrogen-bond donors (Lipinski definition) is 0. The Morgan fingerprint density at radius 2 is 2.04 bits per heavy atom. The zero-order chi connectivity index (χ0) is 17.9. The normalized spacial score (nSPS) is 15.2. The van der Waals surface area contributed by atoms with Crippen LogP contribution in [0.5, 0.6) is 5.88 Å². The summed E-state index contributed by atoms with van der Waals surface area (Å²) < 4.78 is 16.3. The Labute approximate surface area is 149 Å². The molecule has 3 aromatic heterocycles. The number of likely N-dealkylation sites (tertiary alicyclic amines) is 1. The molecule has 8 heteroatoms. The van der Waals surface area contributed by atoms with Gasteiger partial charge in [-0.3, -0.25) is 4.79 Å². The first-order valence-electron chi connectivity index (χ1n) is 8.46. The number of aryl methyl sites for hydroxylation is 1. The van der Waals surface area contributed by atoms with Crippen LogP contribution in [-0.2, 0) is 0 Å². The summed E-state index contributed by atoms with van der Waals surface area (Å²) in [4.78, 5) is 14.3. The van der Waals surface area contributed by atoms with E-state index in [2.05, 4.69) is 15.4 Å². The third kappa shape index (κ3) is 3.44. The lowest BCUT2D eigenvalue weighted by Gasteiger charge is -2.31. The fourth-order valence-corrected chi connectivity index (χ4v) is 2.87. The van der Waals surface area contributed by atoms with Crippen molar-refractivity contribution in [3.8, 4) is 17.4 Å². The summed E-state index contributed by atoms with van der Waals surface area (Å²) in [6.45, 7) is 3.06. The highest BCUT2D eigenvalue weighted by atomic mass is 16.5. The Kier molecular flexibility index (Phi) is 4.39. The molecule has 0 aromatic carbocycles. The second-order valence-corrected chi connectivity index (χ2v) is 6.18. The molecule has 8 nitrogen and oxygen atoms in total. The Hall–Kier alpha value is -3.16. The smallest absolute Gasteiger partial charge is 0.276 e. The largest absolute Gasteiger partial charge is 0.473 e. The van der Waals surface area contributed by atoms with Crippen LogP contribution in [0.25, 0.3) is 11.5 Å². The Bertz CT molecular complexity index is 865. The molecule has 26 heavy (non-hydrogen) atoms. The molecule has 1 saturated heterocycles. The van der Waals surface area contributed by atoms with Crippen molar-refractivity contribution in [2.75, 3.05) is 13.1 Å². The molecule has 1 fully saturated rings. The first-order valence-corrected chi connectivity index (χ1v) is 8.46. The predicted molar refractivity (Wildman–Crippen MR) is 90.5 cm³/mol. The topological polar surface area (TPSA) is 94.5 Å². The molecule has 4 heterocycles. The molecular formula is C18H18N4O4. The lowest BCUT2D eigenvalue weighted by atomic mass is 10.1. The van der Waals surface area contributed by atoms with Gasteiger partial charge in [0.05, 0.1) is 12.0 Å². The molecule has 4 rings (SSSR count). The third-order valence-corrected chi connectivity index (χ3v) is 4.28. The summed E-state index contributed by atoms with van der Waals surface area (Å²) in [5, 5.41) is 11.9. The Morgan fingerprint density at radius 1 is 1.19 bits per heavy atom. The standard InChI is InChI=1S/C18H18N4O4/c1-12-4-5-17(20-19-12)25-13-6-8-22(9-7-13)18(23)14-11-16(26-21-14)15-3-2-10-24-15/h2-5,10-11,13H,6-9H2,1H3. The van der Waals surface area contributed by atoms with Gasteiger partial charge in [-0.05, 0) is 25.1 Å². The van der Waals surface area contributed by atoms with Crippen molar-refractivity contribution in [2.24, 2.45) is 0 Å². The van der Waals surface area contributed by atoms with E-state index in [1.165, 1.54) is 0 Å². The Balaban J connectivity index is 1.34. The van der Waals surface area contributed by atoms with Gasteiger partial charge in [-0.15, -0.1) is 5.10 Å². The van der Waals surface area contributed by atoms with Crippen LogP contribution in [0.15, 0.2) is 45.5 Å². The Morgan fingerprint density at radius 3 is 2.73 bits per heavy atom. The van der Waals surface area contributed by atoms with E-state index in [9.17, 15) is 4.79 Å². The van der Waals surface area contributed by atoms with Crippen LogP contribution in [-0.4, -0.2) is 45.4 Å². The average Bonchev–Trinajstić information content (AvgIpc) is 3.35. The maximum Gasteiger partial charge on any atom is 0.276 e. The minimum atomic E-state index is -0.153. The molecule has 0 spiro atoms. The highest BCUT2D eigenvalue weighted by Crippen LogP contribution is 2.23. The van der Waals surface area contributed by atoms with E-state index in [0.29, 0.717) is 30.5 Å². The van der Waals surface area contributed by atoms with Crippen molar-refractivity contribution in [1.29, 1.82) is 0 Å². The third-order valence-electron chi connectivity index (χ3n) is 4.28. The SMILES string of the molecule is Cc1ccc(OC2CCN(C(=O)c3cc(-c4ccco4)on3)CC2)nn1. The first-order chi connectivity index (χ1) is 12.7. The number of ether oxygens (including phenoxy) is 1. The van der Waals surface area contributed by atoms with E-state index in [-0.39, 0.29) is 17.7 Å². The molecule has 0 radical (unpaired) electrons. The zero-order valence-electron chi connectivity index (χ0n) is 14.3. The van der Waals surface area contributed by atoms with E-state index in [0.717, 1.165) is 18.5 Å². The number of carbonyl (C=O) groups excluding carboxylic acids is 1. The van der Waals surface area contributed by atoms with E-state index < -0.39 is 0 Å². The molecule has 0 N–H and O–H groups in total. The minimum absolute atomic E-state index is 0.0204. The molecule has 1 aliphatic rings. The second-order valence-electron chi connectivity index (χ2n) is 6.18. The monoisotopic (exact) mass is 354 g/mol. The maximum atomic E-state index is 12.6. The highest BCUT2D eigenvalue weighted by Gasteiger charge is 2.27. The van der Waals surface area contributed by atoms with Gasteiger partial charge in [0.15, 0.2) is 11.5 Å². The summed E-state index contributed by atoms with van der Waals surface area (Å²) in [6.07, 6.45) is 3.02. The van der Waals surface area contributed by atoms with Gasteiger partial charge in [-0.2, -0.15) is 5.10 Å². The lowest BCUT2D eigenvalue weighted by Crippen LogP contribution is -2.42. The van der Waals surface area contributed by atoms with Crippen molar-refractivity contribution in [1.82, 2.24) is 20.3 Å². The maximum absolute atomic E-state index is 12.6. The number of furan rings is 1. The van der Waals surface area contributed by atoms with Crippen LogP contribution in [0.2, 0.25) is 0 Å². The van der Waals surface area contributed by atoms with Crippen LogP contribution >= 0.6 is 0 Å². The number of nitrogens with zero attached hydrogens (tertiary/aromatic N) is 4. The molecule has 0 unspecified atom stereocenters. The van der Waals surface area contributed by atoms with Crippen LogP contribution in [0, 0.1) is 6.92 Å². The quantitative estimate of drug-likeness (QED) is 0.711. The van der Waals surface area contributed by atoms with Gasteiger partial charge in [-0.25, -0.2) is 0 Å². The van der Waals surface area contributed by atoms with Gasteiger partial charge >= 0.3 is 0 Å². The molecular weight excluding hydrogens is 336 g/mol. The van der Waals surface area contributed by atoms with E-state index in [4.69, 9.17) is 13.7 Å². The van der Waals surface area contributed by atoms with Gasteiger partial charge in [0.1, 0.15) is 6.10 Å². The lowest BCUT2D eigenvalue weighted by molar-refractivity contribution is 0.0577. The molecule has 1 amide bonds. The van der Waals surface area contributed by atoms with Crippen molar-refractivity contribution >= 4 is 5.91 Å². The zero-order valence-corrected chi connectivity index (χ0v) is 14.3. The van der Waals surface area contributed by atoms with E-state index in [1.54, 1.807) is 29.4 Å². The fourth-order valence-electron chi connectivity index (χ4n) is 2.87. The van der Waals surface area contributed by atoms with Crippen molar-refractivity contribution < 1.29 is 18.5 Å². The fraction of sp³-hybridized carbons (Fsp3) is 0.333. The van der Waals surface area contributed by atoms with Crippen molar-refractivity contribution in [2.45, 2.75) is 25.9 Å². The molecule has 0 saturated carbocycles. The highest BCUT2D eigenvalue weighted by molar-refractivity contribution is 5.93. The molecule has 1 aliphatic heterocycles. The summed E-state index contributed by atoms with van der Waals surface area (Å²) in [5.74, 6) is 1.34. The molecule has 0 aliphatic carbocycles. The number of rotatable bonds is 4. The summed E-state index contributed by atoms with van der Waals surface area (Å²) in [7, 11) is 0. The average molecular weight is 354 g/mol. The molecule has 3 aromatic rings. The van der Waals surface area contributed by atoms with Gasteiger partial charge in [0.25, 0.3) is 5.91 Å². The summed E-state index contributed by atoms with van der Waals surface area (Å²) >= 11 is 0. The van der Waals surface area contributed by atoms with Gasteiger partial charge in [0, 0.05) is 38.1 Å². The van der Waals surface area contributed by atoms with Crippen LogP contribution in [0.4, 0.5) is 0 Å².